The number of ether oxygens (including phenoxy) is 1. The van der Waals surface area contributed by atoms with Crippen LogP contribution in [0.1, 0.15) is 18.0 Å². The fraction of sp³-hybridized carbons (Fsp3) is 0.300. The molecule has 0 radical (unpaired) electrons. The first-order valence-corrected chi connectivity index (χ1v) is 5.72. The van der Waals surface area contributed by atoms with Crippen molar-refractivity contribution >= 4 is 46.0 Å². The number of benzene rings is 1. The van der Waals surface area contributed by atoms with Crippen LogP contribution in [0.25, 0.3) is 0 Å². The molecule has 1 saturated heterocycles. The number of rotatable bonds is 1. The van der Waals surface area contributed by atoms with Gasteiger partial charge < -0.3 is 10.1 Å². The van der Waals surface area contributed by atoms with Gasteiger partial charge in [-0.15, -0.1) is 12.4 Å². The molecule has 1 fully saturated rings. The van der Waals surface area contributed by atoms with Gasteiger partial charge in [-0.05, 0) is 23.8 Å². The Kier molecular flexibility index (Phi) is 4.89. The number of amides is 1. The number of alkyl carbamates (subject to hydrolysis) is 1. The molecule has 1 heterocycles. The molecule has 2 rings (SSSR count). The first kappa shape index (κ1) is 13.6. The SMILES string of the molecule is Cl.O=C1N[C@@H](c2cc(Cl)ccc2Br)CCO1. The third kappa shape index (κ3) is 3.03. The molecular weight excluding hydrogens is 317 g/mol. The van der Waals surface area contributed by atoms with E-state index in [2.05, 4.69) is 21.2 Å². The van der Waals surface area contributed by atoms with Crippen molar-refractivity contribution in [2.24, 2.45) is 0 Å². The van der Waals surface area contributed by atoms with Crippen molar-refractivity contribution in [3.63, 3.8) is 0 Å². The highest BCUT2D eigenvalue weighted by Gasteiger charge is 2.22. The van der Waals surface area contributed by atoms with Crippen molar-refractivity contribution in [2.45, 2.75) is 12.5 Å². The van der Waals surface area contributed by atoms with Gasteiger partial charge in [-0.3, -0.25) is 0 Å². The molecule has 1 aliphatic heterocycles. The summed E-state index contributed by atoms with van der Waals surface area (Å²) in [6.45, 7) is 0.440. The Morgan fingerprint density at radius 1 is 1.50 bits per heavy atom. The smallest absolute Gasteiger partial charge is 0.407 e. The number of hydrogen-bond acceptors (Lipinski definition) is 2. The van der Waals surface area contributed by atoms with Gasteiger partial charge >= 0.3 is 6.09 Å². The average molecular weight is 327 g/mol. The zero-order chi connectivity index (χ0) is 10.8. The van der Waals surface area contributed by atoms with Crippen LogP contribution in [0.2, 0.25) is 5.02 Å². The second kappa shape index (κ2) is 5.75. The Hall–Kier alpha value is -0.450. The average Bonchev–Trinajstić information content (AvgIpc) is 2.22. The fourth-order valence-electron chi connectivity index (χ4n) is 1.54. The van der Waals surface area contributed by atoms with E-state index in [4.69, 9.17) is 16.3 Å². The second-order valence-electron chi connectivity index (χ2n) is 3.29. The maximum absolute atomic E-state index is 11.1. The van der Waals surface area contributed by atoms with Crippen LogP contribution in [0.4, 0.5) is 4.79 Å². The summed E-state index contributed by atoms with van der Waals surface area (Å²) in [6.07, 6.45) is 0.378. The highest BCUT2D eigenvalue weighted by atomic mass is 79.9. The lowest BCUT2D eigenvalue weighted by Gasteiger charge is -2.24. The van der Waals surface area contributed by atoms with E-state index in [1.807, 2.05) is 12.1 Å². The number of hydrogen-bond donors (Lipinski definition) is 1. The van der Waals surface area contributed by atoms with Crippen LogP contribution in [-0.2, 0) is 4.74 Å². The Balaban J connectivity index is 0.00000128. The second-order valence-corrected chi connectivity index (χ2v) is 4.58. The van der Waals surface area contributed by atoms with Gasteiger partial charge in [0.05, 0.1) is 12.6 Å². The van der Waals surface area contributed by atoms with Gasteiger partial charge in [0.2, 0.25) is 0 Å². The number of carbonyl (C=O) groups excluding carboxylic acids is 1. The standard InChI is InChI=1S/C10H9BrClNO2.ClH/c11-8-2-1-6(12)5-7(8)9-3-4-15-10(14)13-9;/h1-2,5,9H,3-4H2,(H,13,14);1H/t9-;/m1./s1. The topological polar surface area (TPSA) is 38.3 Å². The van der Waals surface area contributed by atoms with Gasteiger partial charge in [0.15, 0.2) is 0 Å². The molecule has 0 spiro atoms. The zero-order valence-electron chi connectivity index (χ0n) is 8.20. The molecular formula is C10H10BrCl2NO2. The summed E-state index contributed by atoms with van der Waals surface area (Å²) in [4.78, 5) is 11.1. The molecule has 1 atom stereocenters. The van der Waals surface area contributed by atoms with Gasteiger partial charge in [-0.2, -0.15) is 0 Å². The van der Waals surface area contributed by atoms with Gasteiger partial charge in [0.1, 0.15) is 0 Å². The third-order valence-corrected chi connectivity index (χ3v) is 3.22. The summed E-state index contributed by atoms with van der Waals surface area (Å²) in [5, 5.41) is 3.41. The van der Waals surface area contributed by atoms with Crippen molar-refractivity contribution in [3.05, 3.63) is 33.3 Å². The lowest BCUT2D eigenvalue weighted by atomic mass is 10.0. The number of halogens is 3. The summed E-state index contributed by atoms with van der Waals surface area (Å²) in [6, 6.07) is 5.50. The molecule has 0 unspecified atom stereocenters. The predicted octanol–water partition coefficient (Wildman–Crippen LogP) is 3.70. The van der Waals surface area contributed by atoms with E-state index in [1.165, 1.54) is 0 Å². The largest absolute Gasteiger partial charge is 0.449 e. The van der Waals surface area contributed by atoms with E-state index < -0.39 is 0 Å². The van der Waals surface area contributed by atoms with Gasteiger partial charge in [0, 0.05) is 15.9 Å². The Labute approximate surface area is 113 Å². The minimum absolute atomic E-state index is 0. The highest BCUT2D eigenvalue weighted by Crippen LogP contribution is 2.29. The maximum atomic E-state index is 11.1. The maximum Gasteiger partial charge on any atom is 0.407 e. The monoisotopic (exact) mass is 325 g/mol. The van der Waals surface area contributed by atoms with Crippen LogP contribution in [0, 0.1) is 0 Å². The Morgan fingerprint density at radius 2 is 2.25 bits per heavy atom. The minimum Gasteiger partial charge on any atom is -0.449 e. The van der Waals surface area contributed by atoms with E-state index in [1.54, 1.807) is 6.07 Å². The summed E-state index contributed by atoms with van der Waals surface area (Å²) >= 11 is 9.34. The first-order chi connectivity index (χ1) is 7.16. The number of cyclic esters (lactones) is 1. The Bertz CT molecular complexity index is 400. The van der Waals surface area contributed by atoms with Crippen molar-refractivity contribution in [1.29, 1.82) is 0 Å². The van der Waals surface area contributed by atoms with E-state index in [-0.39, 0.29) is 24.5 Å². The van der Waals surface area contributed by atoms with E-state index >= 15 is 0 Å². The molecule has 1 aromatic rings. The molecule has 0 aliphatic carbocycles. The minimum atomic E-state index is -0.377. The molecule has 88 valence electrons. The molecule has 1 aliphatic rings. The normalized spacial score (nSPS) is 19.4. The quantitative estimate of drug-likeness (QED) is 0.854. The van der Waals surface area contributed by atoms with Gasteiger partial charge in [-0.25, -0.2) is 4.79 Å². The number of nitrogens with one attached hydrogen (secondary N) is 1. The van der Waals surface area contributed by atoms with Crippen molar-refractivity contribution < 1.29 is 9.53 Å². The van der Waals surface area contributed by atoms with Crippen LogP contribution < -0.4 is 5.32 Å². The van der Waals surface area contributed by atoms with E-state index in [0.29, 0.717) is 11.6 Å². The van der Waals surface area contributed by atoms with Crippen LogP contribution in [0.3, 0.4) is 0 Å². The van der Waals surface area contributed by atoms with Crippen molar-refractivity contribution in [1.82, 2.24) is 5.32 Å². The third-order valence-electron chi connectivity index (χ3n) is 2.27. The van der Waals surface area contributed by atoms with Gasteiger partial charge in [-0.1, -0.05) is 27.5 Å². The molecule has 0 aromatic heterocycles. The molecule has 0 bridgehead atoms. The first-order valence-electron chi connectivity index (χ1n) is 4.55. The highest BCUT2D eigenvalue weighted by molar-refractivity contribution is 9.10. The van der Waals surface area contributed by atoms with Crippen LogP contribution in [0.15, 0.2) is 22.7 Å². The van der Waals surface area contributed by atoms with Crippen molar-refractivity contribution in [2.75, 3.05) is 6.61 Å². The van der Waals surface area contributed by atoms with Crippen LogP contribution in [-0.4, -0.2) is 12.7 Å². The molecule has 0 saturated carbocycles. The van der Waals surface area contributed by atoms with E-state index in [9.17, 15) is 4.79 Å². The molecule has 16 heavy (non-hydrogen) atoms. The number of carbonyl (C=O) groups is 1. The van der Waals surface area contributed by atoms with Crippen LogP contribution >= 0.6 is 39.9 Å². The molecule has 1 N–H and O–H groups in total. The van der Waals surface area contributed by atoms with E-state index in [0.717, 1.165) is 16.5 Å². The summed E-state index contributed by atoms with van der Waals surface area (Å²) in [7, 11) is 0. The lowest BCUT2D eigenvalue weighted by Crippen LogP contribution is -2.35. The van der Waals surface area contributed by atoms with Gasteiger partial charge in [0.25, 0.3) is 0 Å². The van der Waals surface area contributed by atoms with Crippen molar-refractivity contribution in [3.8, 4) is 0 Å². The zero-order valence-corrected chi connectivity index (χ0v) is 11.4. The molecule has 6 heteroatoms. The summed E-state index contributed by atoms with van der Waals surface area (Å²) < 4.78 is 5.74. The Morgan fingerprint density at radius 3 is 2.94 bits per heavy atom. The van der Waals surface area contributed by atoms with Crippen LogP contribution in [0.5, 0.6) is 0 Å². The molecule has 3 nitrogen and oxygen atoms in total. The predicted molar refractivity (Wildman–Crippen MR) is 68.2 cm³/mol. The summed E-state index contributed by atoms with van der Waals surface area (Å²) in [5.74, 6) is 0. The lowest BCUT2D eigenvalue weighted by molar-refractivity contribution is 0.115. The fourth-order valence-corrected chi connectivity index (χ4v) is 2.24. The molecule has 1 aromatic carbocycles. The molecule has 1 amide bonds. The summed E-state index contributed by atoms with van der Waals surface area (Å²) in [5.41, 5.74) is 0.985.